The van der Waals surface area contributed by atoms with E-state index in [4.69, 9.17) is 17.3 Å². The quantitative estimate of drug-likeness (QED) is 0.751. The zero-order valence-corrected chi connectivity index (χ0v) is 9.43. The van der Waals surface area contributed by atoms with Crippen molar-refractivity contribution in [3.05, 3.63) is 23.2 Å². The van der Waals surface area contributed by atoms with Crippen LogP contribution in [0.15, 0.2) is 18.2 Å². The third kappa shape index (κ3) is 3.46. The molecule has 1 aromatic carbocycles. The molecule has 0 aromatic heterocycles. The standard InChI is InChI=1S/C11H17ClN2/c1-8(2)5-6-14-11-7-9(12)3-4-10(11)13/h3-4,7-8,14H,5-6,13H2,1-2H3. The first-order chi connectivity index (χ1) is 6.59. The number of nitrogens with two attached hydrogens (primary N) is 1. The molecule has 0 aliphatic carbocycles. The van der Waals surface area contributed by atoms with Gasteiger partial charge in [0.15, 0.2) is 0 Å². The Morgan fingerprint density at radius 2 is 2.14 bits per heavy atom. The molecule has 0 heterocycles. The van der Waals surface area contributed by atoms with E-state index in [0.29, 0.717) is 10.9 Å². The second kappa shape index (κ2) is 5.11. The van der Waals surface area contributed by atoms with Crippen molar-refractivity contribution in [2.45, 2.75) is 20.3 Å². The largest absolute Gasteiger partial charge is 0.397 e. The lowest BCUT2D eigenvalue weighted by molar-refractivity contribution is 0.607. The summed E-state index contributed by atoms with van der Waals surface area (Å²) in [6, 6.07) is 5.47. The topological polar surface area (TPSA) is 38.0 Å². The van der Waals surface area contributed by atoms with E-state index in [1.165, 1.54) is 0 Å². The van der Waals surface area contributed by atoms with Crippen LogP contribution in [0, 0.1) is 5.92 Å². The molecule has 2 nitrogen and oxygen atoms in total. The molecule has 0 aliphatic heterocycles. The van der Waals surface area contributed by atoms with Gasteiger partial charge in [-0.3, -0.25) is 0 Å². The first-order valence-corrected chi connectivity index (χ1v) is 5.26. The maximum Gasteiger partial charge on any atom is 0.0588 e. The van der Waals surface area contributed by atoms with Gasteiger partial charge in [0.05, 0.1) is 11.4 Å². The summed E-state index contributed by atoms with van der Waals surface area (Å²) in [5.74, 6) is 0.697. The number of halogens is 1. The van der Waals surface area contributed by atoms with Gasteiger partial charge in [-0.2, -0.15) is 0 Å². The number of rotatable bonds is 4. The fourth-order valence-electron chi connectivity index (χ4n) is 1.18. The van der Waals surface area contributed by atoms with E-state index in [-0.39, 0.29) is 0 Å². The van der Waals surface area contributed by atoms with Crippen LogP contribution in [-0.4, -0.2) is 6.54 Å². The van der Waals surface area contributed by atoms with Gasteiger partial charge < -0.3 is 11.1 Å². The van der Waals surface area contributed by atoms with Gasteiger partial charge in [-0.25, -0.2) is 0 Å². The third-order valence-electron chi connectivity index (χ3n) is 2.05. The van der Waals surface area contributed by atoms with E-state index in [2.05, 4.69) is 19.2 Å². The second-order valence-corrected chi connectivity index (χ2v) is 4.28. The Kier molecular flexibility index (Phi) is 4.08. The predicted octanol–water partition coefficient (Wildman–Crippen LogP) is 3.38. The van der Waals surface area contributed by atoms with Gasteiger partial charge in [0.25, 0.3) is 0 Å². The number of nitrogens with one attached hydrogen (secondary N) is 1. The molecule has 3 N–H and O–H groups in total. The molecule has 0 amide bonds. The van der Waals surface area contributed by atoms with Crippen LogP contribution >= 0.6 is 11.6 Å². The molecular weight excluding hydrogens is 196 g/mol. The summed E-state index contributed by atoms with van der Waals surface area (Å²) in [7, 11) is 0. The molecule has 1 aromatic rings. The number of hydrogen-bond donors (Lipinski definition) is 2. The lowest BCUT2D eigenvalue weighted by atomic mass is 10.1. The highest BCUT2D eigenvalue weighted by atomic mass is 35.5. The van der Waals surface area contributed by atoms with Crippen LogP contribution in [0.1, 0.15) is 20.3 Å². The van der Waals surface area contributed by atoms with Gasteiger partial charge in [0, 0.05) is 11.6 Å². The Bertz CT molecular complexity index is 297. The van der Waals surface area contributed by atoms with Crippen LogP contribution in [0.5, 0.6) is 0 Å². The molecule has 0 unspecified atom stereocenters. The van der Waals surface area contributed by atoms with Gasteiger partial charge in [-0.15, -0.1) is 0 Å². The average molecular weight is 213 g/mol. The Morgan fingerprint density at radius 3 is 2.79 bits per heavy atom. The van der Waals surface area contributed by atoms with E-state index < -0.39 is 0 Å². The van der Waals surface area contributed by atoms with Crippen molar-refractivity contribution < 1.29 is 0 Å². The zero-order chi connectivity index (χ0) is 10.6. The van der Waals surface area contributed by atoms with Crippen molar-refractivity contribution in [2.24, 2.45) is 5.92 Å². The number of nitrogen functional groups attached to an aromatic ring is 1. The molecule has 1 rings (SSSR count). The summed E-state index contributed by atoms with van der Waals surface area (Å²) in [6.45, 7) is 5.33. The second-order valence-electron chi connectivity index (χ2n) is 3.84. The molecule has 0 bridgehead atoms. The van der Waals surface area contributed by atoms with E-state index in [1.54, 1.807) is 6.07 Å². The highest BCUT2D eigenvalue weighted by Gasteiger charge is 1.99. The van der Waals surface area contributed by atoms with Crippen LogP contribution in [0.4, 0.5) is 11.4 Å². The van der Waals surface area contributed by atoms with Gasteiger partial charge in [0.1, 0.15) is 0 Å². The number of benzene rings is 1. The van der Waals surface area contributed by atoms with E-state index in [1.807, 2.05) is 12.1 Å². The van der Waals surface area contributed by atoms with Gasteiger partial charge in [0.2, 0.25) is 0 Å². The predicted molar refractivity (Wildman–Crippen MR) is 63.8 cm³/mol. The molecule has 0 spiro atoms. The van der Waals surface area contributed by atoms with Crippen molar-refractivity contribution in [1.29, 1.82) is 0 Å². The fourth-order valence-corrected chi connectivity index (χ4v) is 1.35. The maximum absolute atomic E-state index is 5.86. The summed E-state index contributed by atoms with van der Waals surface area (Å²) in [5, 5.41) is 3.99. The minimum Gasteiger partial charge on any atom is -0.397 e. The van der Waals surface area contributed by atoms with Crippen molar-refractivity contribution in [1.82, 2.24) is 0 Å². The van der Waals surface area contributed by atoms with Crippen LogP contribution in [0.2, 0.25) is 5.02 Å². The number of hydrogen-bond acceptors (Lipinski definition) is 2. The summed E-state index contributed by atoms with van der Waals surface area (Å²) in [6.07, 6.45) is 1.13. The number of anilines is 2. The molecule has 3 heteroatoms. The minimum absolute atomic E-state index is 0.697. The molecule has 0 atom stereocenters. The van der Waals surface area contributed by atoms with Crippen LogP contribution in [-0.2, 0) is 0 Å². The van der Waals surface area contributed by atoms with E-state index in [0.717, 1.165) is 24.3 Å². The molecule has 0 saturated heterocycles. The summed E-state index contributed by atoms with van der Waals surface area (Å²) >= 11 is 5.86. The maximum atomic E-state index is 5.86. The Morgan fingerprint density at radius 1 is 1.43 bits per heavy atom. The minimum atomic E-state index is 0.697. The fraction of sp³-hybridized carbons (Fsp3) is 0.455. The van der Waals surface area contributed by atoms with Crippen molar-refractivity contribution in [3.8, 4) is 0 Å². The van der Waals surface area contributed by atoms with Gasteiger partial charge >= 0.3 is 0 Å². The summed E-state index contributed by atoms with van der Waals surface area (Å²) < 4.78 is 0. The Labute approximate surface area is 90.4 Å². The Hall–Kier alpha value is -0.890. The van der Waals surface area contributed by atoms with Gasteiger partial charge in [-0.1, -0.05) is 25.4 Å². The average Bonchev–Trinajstić information content (AvgIpc) is 2.10. The van der Waals surface area contributed by atoms with Crippen LogP contribution in [0.3, 0.4) is 0 Å². The summed E-state index contributed by atoms with van der Waals surface area (Å²) in [5.41, 5.74) is 7.46. The monoisotopic (exact) mass is 212 g/mol. The van der Waals surface area contributed by atoms with E-state index in [9.17, 15) is 0 Å². The Balaban J connectivity index is 2.53. The third-order valence-corrected chi connectivity index (χ3v) is 2.29. The summed E-state index contributed by atoms with van der Waals surface area (Å²) in [4.78, 5) is 0. The lowest BCUT2D eigenvalue weighted by Crippen LogP contribution is -2.06. The molecular formula is C11H17ClN2. The molecule has 0 aliphatic rings. The molecule has 0 radical (unpaired) electrons. The zero-order valence-electron chi connectivity index (χ0n) is 8.68. The van der Waals surface area contributed by atoms with E-state index >= 15 is 0 Å². The van der Waals surface area contributed by atoms with Crippen molar-refractivity contribution in [2.75, 3.05) is 17.6 Å². The molecule has 0 fully saturated rings. The normalized spacial score (nSPS) is 10.6. The molecule has 14 heavy (non-hydrogen) atoms. The first-order valence-electron chi connectivity index (χ1n) is 4.88. The van der Waals surface area contributed by atoms with Crippen molar-refractivity contribution in [3.63, 3.8) is 0 Å². The highest BCUT2D eigenvalue weighted by Crippen LogP contribution is 2.22. The van der Waals surface area contributed by atoms with Gasteiger partial charge in [-0.05, 0) is 30.5 Å². The SMILES string of the molecule is CC(C)CCNc1cc(Cl)ccc1N. The first kappa shape index (κ1) is 11.2. The van der Waals surface area contributed by atoms with Crippen molar-refractivity contribution >= 4 is 23.0 Å². The van der Waals surface area contributed by atoms with Crippen LogP contribution < -0.4 is 11.1 Å². The highest BCUT2D eigenvalue weighted by molar-refractivity contribution is 6.31. The smallest absolute Gasteiger partial charge is 0.0588 e. The molecule has 0 saturated carbocycles. The lowest BCUT2D eigenvalue weighted by Gasteiger charge is -2.10. The molecule has 78 valence electrons. The van der Waals surface area contributed by atoms with Crippen LogP contribution in [0.25, 0.3) is 0 Å².